The number of carbonyl (C=O) groups excluding carboxylic acids is 3. The first-order chi connectivity index (χ1) is 15.2. The Morgan fingerprint density at radius 1 is 1.12 bits per heavy atom. The van der Waals surface area contributed by atoms with Crippen molar-refractivity contribution in [2.45, 2.75) is 58.3 Å². The van der Waals surface area contributed by atoms with Gasteiger partial charge in [-0.3, -0.25) is 5.32 Å². The Hall–Kier alpha value is -3.07. The first kappa shape index (κ1) is 23.6. The predicted octanol–water partition coefficient (Wildman–Crippen LogP) is 4.67. The van der Waals surface area contributed by atoms with E-state index in [2.05, 4.69) is 10.6 Å². The van der Waals surface area contributed by atoms with Crippen LogP contribution >= 0.6 is 11.3 Å². The Morgan fingerprint density at radius 2 is 1.84 bits per heavy atom. The zero-order valence-electron chi connectivity index (χ0n) is 18.7. The number of thiophene rings is 1. The van der Waals surface area contributed by atoms with E-state index in [0.717, 1.165) is 16.0 Å². The van der Waals surface area contributed by atoms with Crippen LogP contribution in [0.5, 0.6) is 0 Å². The maximum Gasteiger partial charge on any atom is 0.412 e. The van der Waals surface area contributed by atoms with Gasteiger partial charge in [0.15, 0.2) is 0 Å². The minimum Gasteiger partial charge on any atom is -0.465 e. The van der Waals surface area contributed by atoms with Gasteiger partial charge in [-0.15, -0.1) is 11.3 Å². The van der Waals surface area contributed by atoms with E-state index >= 15 is 0 Å². The van der Waals surface area contributed by atoms with Gasteiger partial charge >= 0.3 is 18.2 Å². The number of alkyl carbamates (subject to hydrolysis) is 1. The molecule has 0 unspecified atom stereocenters. The van der Waals surface area contributed by atoms with Gasteiger partial charge in [0.05, 0.1) is 12.7 Å². The van der Waals surface area contributed by atoms with Crippen LogP contribution in [0.2, 0.25) is 0 Å². The molecule has 2 amide bonds. The summed E-state index contributed by atoms with van der Waals surface area (Å²) in [4.78, 5) is 38.0. The van der Waals surface area contributed by atoms with Crippen LogP contribution in [0.1, 0.15) is 53.6 Å². The molecule has 2 N–H and O–H groups in total. The molecule has 0 fully saturated rings. The molecule has 9 heteroatoms. The summed E-state index contributed by atoms with van der Waals surface area (Å²) < 4.78 is 15.6. The molecule has 1 aliphatic rings. The predicted molar refractivity (Wildman–Crippen MR) is 121 cm³/mol. The molecule has 1 heterocycles. The molecule has 1 aromatic heterocycles. The summed E-state index contributed by atoms with van der Waals surface area (Å²) in [5.74, 6) is -0.541. The van der Waals surface area contributed by atoms with Gasteiger partial charge in [0.2, 0.25) is 0 Å². The standard InChI is InChI=1S/C23H28N2O6S/c1-23(2,3)31-22(28)25-19-18(20(26)29-4)16-12-15(10-11-17(16)32-19)24-21(27)30-13-14-8-6-5-7-9-14/h5-9,15H,10-13H2,1-4H3,(H,24,27)(H,25,28)/t15-/m0/s1. The van der Waals surface area contributed by atoms with Gasteiger partial charge in [-0.25, -0.2) is 14.4 Å². The van der Waals surface area contributed by atoms with Crippen molar-refractivity contribution >= 4 is 34.5 Å². The van der Waals surface area contributed by atoms with Crippen molar-refractivity contribution in [3.8, 4) is 0 Å². The Bertz CT molecular complexity index is 980. The fraction of sp³-hybridized carbons (Fsp3) is 0.435. The summed E-state index contributed by atoms with van der Waals surface area (Å²) in [5.41, 5.74) is 1.31. The number of fused-ring (bicyclic) bond motifs is 1. The molecule has 0 spiro atoms. The molecule has 172 valence electrons. The number of aryl methyl sites for hydroxylation is 1. The van der Waals surface area contributed by atoms with E-state index in [-0.39, 0.29) is 12.6 Å². The minimum atomic E-state index is -0.665. The number of methoxy groups -OCH3 is 1. The van der Waals surface area contributed by atoms with Crippen molar-refractivity contribution in [1.29, 1.82) is 0 Å². The highest BCUT2D eigenvalue weighted by Gasteiger charge is 2.31. The number of carbonyl (C=O) groups is 3. The highest BCUT2D eigenvalue weighted by molar-refractivity contribution is 7.17. The monoisotopic (exact) mass is 460 g/mol. The van der Waals surface area contributed by atoms with Crippen LogP contribution in [0.25, 0.3) is 0 Å². The van der Waals surface area contributed by atoms with Gasteiger partial charge in [-0.2, -0.15) is 0 Å². The molecule has 8 nitrogen and oxygen atoms in total. The normalized spacial score (nSPS) is 15.3. The number of rotatable bonds is 5. The second-order valence-electron chi connectivity index (χ2n) is 8.47. The lowest BCUT2D eigenvalue weighted by molar-refractivity contribution is 0.0601. The number of nitrogens with one attached hydrogen (secondary N) is 2. The third-order valence-electron chi connectivity index (χ3n) is 4.80. The lowest BCUT2D eigenvalue weighted by Crippen LogP contribution is -2.39. The SMILES string of the molecule is COC(=O)c1c(NC(=O)OC(C)(C)C)sc2c1C[C@@H](NC(=O)OCc1ccccc1)CC2. The molecule has 0 saturated heterocycles. The molecular weight excluding hydrogens is 432 g/mol. The van der Waals surface area contributed by atoms with Crippen molar-refractivity contribution in [2.24, 2.45) is 0 Å². The molecule has 0 saturated carbocycles. The van der Waals surface area contributed by atoms with Crippen molar-refractivity contribution < 1.29 is 28.6 Å². The Balaban J connectivity index is 1.68. The maximum atomic E-state index is 12.5. The van der Waals surface area contributed by atoms with Crippen LogP contribution in [-0.4, -0.2) is 36.9 Å². The summed E-state index contributed by atoms with van der Waals surface area (Å²) in [6, 6.07) is 9.23. The highest BCUT2D eigenvalue weighted by atomic mass is 32.1. The van der Waals surface area contributed by atoms with Crippen LogP contribution in [0.4, 0.5) is 14.6 Å². The first-order valence-corrected chi connectivity index (χ1v) is 11.2. The van der Waals surface area contributed by atoms with E-state index in [1.807, 2.05) is 30.3 Å². The molecule has 1 aliphatic carbocycles. The summed E-state index contributed by atoms with van der Waals surface area (Å²) in [6.45, 7) is 5.47. The Kier molecular flexibility index (Phi) is 7.40. The molecule has 0 bridgehead atoms. The molecule has 0 radical (unpaired) electrons. The van der Waals surface area contributed by atoms with Gasteiger partial charge in [0, 0.05) is 10.9 Å². The van der Waals surface area contributed by atoms with Crippen molar-refractivity contribution in [3.05, 3.63) is 51.9 Å². The summed E-state index contributed by atoms with van der Waals surface area (Å²) in [5, 5.41) is 5.94. The number of amides is 2. The van der Waals surface area contributed by atoms with Crippen LogP contribution < -0.4 is 10.6 Å². The van der Waals surface area contributed by atoms with Crippen molar-refractivity contribution in [2.75, 3.05) is 12.4 Å². The van der Waals surface area contributed by atoms with Crippen LogP contribution in [0, 0.1) is 0 Å². The number of hydrogen-bond acceptors (Lipinski definition) is 7. The molecule has 32 heavy (non-hydrogen) atoms. The first-order valence-electron chi connectivity index (χ1n) is 10.4. The lowest BCUT2D eigenvalue weighted by atomic mass is 9.91. The number of anilines is 1. The van der Waals surface area contributed by atoms with Gasteiger partial charge in [0.1, 0.15) is 17.2 Å². The quantitative estimate of drug-likeness (QED) is 0.497. The molecule has 3 rings (SSSR count). The van der Waals surface area contributed by atoms with E-state index < -0.39 is 23.8 Å². The smallest absolute Gasteiger partial charge is 0.412 e. The zero-order valence-corrected chi connectivity index (χ0v) is 19.5. The number of benzene rings is 1. The van der Waals surface area contributed by atoms with E-state index in [1.54, 1.807) is 20.8 Å². The van der Waals surface area contributed by atoms with Crippen LogP contribution in [0.3, 0.4) is 0 Å². The van der Waals surface area contributed by atoms with E-state index in [9.17, 15) is 14.4 Å². The highest BCUT2D eigenvalue weighted by Crippen LogP contribution is 2.39. The zero-order chi connectivity index (χ0) is 23.3. The van der Waals surface area contributed by atoms with Gasteiger partial charge in [-0.05, 0) is 51.2 Å². The topological polar surface area (TPSA) is 103 Å². The van der Waals surface area contributed by atoms with Gasteiger partial charge in [0.25, 0.3) is 0 Å². The fourth-order valence-corrected chi connectivity index (χ4v) is 4.66. The van der Waals surface area contributed by atoms with Crippen molar-refractivity contribution in [3.63, 3.8) is 0 Å². The molecule has 0 aliphatic heterocycles. The third kappa shape index (κ3) is 6.23. The number of esters is 1. The number of ether oxygens (including phenoxy) is 3. The van der Waals surface area contributed by atoms with Crippen LogP contribution in [0.15, 0.2) is 30.3 Å². The molecule has 1 atom stereocenters. The van der Waals surface area contributed by atoms with Gasteiger partial charge in [-0.1, -0.05) is 30.3 Å². The van der Waals surface area contributed by atoms with Gasteiger partial charge < -0.3 is 19.5 Å². The largest absolute Gasteiger partial charge is 0.465 e. The molecule has 1 aromatic carbocycles. The van der Waals surface area contributed by atoms with E-state index in [0.29, 0.717) is 29.8 Å². The Morgan fingerprint density at radius 3 is 2.50 bits per heavy atom. The Labute approximate surface area is 191 Å². The number of hydrogen-bond donors (Lipinski definition) is 2. The molecule has 2 aromatic rings. The van der Waals surface area contributed by atoms with E-state index in [4.69, 9.17) is 14.2 Å². The van der Waals surface area contributed by atoms with E-state index in [1.165, 1.54) is 18.4 Å². The average Bonchev–Trinajstić information content (AvgIpc) is 3.08. The minimum absolute atomic E-state index is 0.181. The summed E-state index contributed by atoms with van der Waals surface area (Å²) in [6.07, 6.45) is 0.640. The van der Waals surface area contributed by atoms with Crippen LogP contribution in [-0.2, 0) is 33.7 Å². The van der Waals surface area contributed by atoms with Crippen molar-refractivity contribution in [1.82, 2.24) is 5.32 Å². The third-order valence-corrected chi connectivity index (χ3v) is 6.01. The summed E-state index contributed by atoms with van der Waals surface area (Å²) in [7, 11) is 1.29. The lowest BCUT2D eigenvalue weighted by Gasteiger charge is -2.23. The second-order valence-corrected chi connectivity index (χ2v) is 9.58. The maximum absolute atomic E-state index is 12.5. The average molecular weight is 461 g/mol. The summed E-state index contributed by atoms with van der Waals surface area (Å²) >= 11 is 1.33. The molecular formula is C23H28N2O6S. The second kappa shape index (κ2) is 10.0. The fourth-order valence-electron chi connectivity index (χ4n) is 3.44.